The molecule has 0 spiro atoms. The second kappa shape index (κ2) is 8.17. The van der Waals surface area contributed by atoms with Crippen LogP contribution in [0.2, 0.25) is 0 Å². The normalized spacial score (nSPS) is 20.5. The van der Waals surface area contributed by atoms with Gasteiger partial charge >= 0.3 is 5.97 Å². The molecule has 1 atom stereocenters. The Morgan fingerprint density at radius 3 is 2.50 bits per heavy atom. The number of nitrogens with zero attached hydrogens (tertiary/aromatic N) is 2. The number of esters is 1. The zero-order valence-electron chi connectivity index (χ0n) is 15.0. The number of ether oxygens (including phenoxy) is 1. The molecule has 1 fully saturated rings. The highest BCUT2D eigenvalue weighted by atomic mass is 16.5. The molecule has 0 N–H and O–H groups in total. The lowest BCUT2D eigenvalue weighted by molar-refractivity contribution is -0.140. The Labute approximate surface area is 153 Å². The van der Waals surface area contributed by atoms with Gasteiger partial charge in [0.05, 0.1) is 7.11 Å². The summed E-state index contributed by atoms with van der Waals surface area (Å²) >= 11 is 0. The minimum Gasteiger partial charge on any atom is -0.469 e. The molecule has 2 aliphatic rings. The smallest absolute Gasteiger partial charge is 0.305 e. The van der Waals surface area contributed by atoms with Crippen LogP contribution in [0.25, 0.3) is 0 Å². The average Bonchev–Trinajstić information content (AvgIpc) is 3.11. The van der Waals surface area contributed by atoms with Crippen LogP contribution in [-0.2, 0) is 25.5 Å². The molecule has 0 aromatic heterocycles. The summed E-state index contributed by atoms with van der Waals surface area (Å²) in [5.41, 5.74) is 1.97. The summed E-state index contributed by atoms with van der Waals surface area (Å²) < 4.78 is 4.66. The SMILES string of the molecule is COC(=O)CCc1ccc(N2C=CN(C3CCC(=O)CC3)C2C=O)cc1. The molecule has 0 radical (unpaired) electrons. The number of carbonyl (C=O) groups excluding carboxylic acids is 3. The maximum Gasteiger partial charge on any atom is 0.305 e. The standard InChI is InChI=1S/C20H24N2O4/c1-26-20(25)11-4-15-2-5-16(6-3-15)21-12-13-22(19(21)14-23)17-7-9-18(24)10-8-17/h2-3,5-6,12-14,17,19H,4,7-11H2,1H3. The van der Waals surface area contributed by atoms with Crippen molar-refractivity contribution in [2.24, 2.45) is 0 Å². The molecule has 26 heavy (non-hydrogen) atoms. The molecule has 6 nitrogen and oxygen atoms in total. The molecule has 6 heteroatoms. The number of methoxy groups -OCH3 is 1. The number of benzene rings is 1. The first-order chi connectivity index (χ1) is 12.6. The van der Waals surface area contributed by atoms with Crippen LogP contribution in [0.15, 0.2) is 36.7 Å². The fourth-order valence-electron chi connectivity index (χ4n) is 3.59. The van der Waals surface area contributed by atoms with Crippen molar-refractivity contribution in [1.82, 2.24) is 4.90 Å². The van der Waals surface area contributed by atoms with Gasteiger partial charge in [0.2, 0.25) is 0 Å². The molecule has 1 aromatic carbocycles. The van der Waals surface area contributed by atoms with E-state index >= 15 is 0 Å². The van der Waals surface area contributed by atoms with E-state index in [1.165, 1.54) is 7.11 Å². The van der Waals surface area contributed by atoms with E-state index in [2.05, 4.69) is 9.64 Å². The molecule has 1 heterocycles. The number of Topliss-reactive ketones (excluding diaryl/α,β-unsaturated/α-hetero) is 1. The van der Waals surface area contributed by atoms with Crippen LogP contribution in [-0.4, -0.2) is 42.3 Å². The van der Waals surface area contributed by atoms with Crippen molar-refractivity contribution >= 4 is 23.7 Å². The maximum atomic E-state index is 11.7. The monoisotopic (exact) mass is 356 g/mol. The van der Waals surface area contributed by atoms with Crippen LogP contribution in [0.1, 0.15) is 37.7 Å². The molecule has 0 amide bonds. The van der Waals surface area contributed by atoms with E-state index in [0.717, 1.165) is 30.4 Å². The molecule has 1 aliphatic heterocycles. The highest BCUT2D eigenvalue weighted by Gasteiger charge is 2.33. The van der Waals surface area contributed by atoms with E-state index in [1.807, 2.05) is 41.6 Å². The number of aldehydes is 1. The first-order valence-electron chi connectivity index (χ1n) is 8.99. The molecule has 0 saturated heterocycles. The van der Waals surface area contributed by atoms with Crippen molar-refractivity contribution in [3.63, 3.8) is 0 Å². The molecule has 1 aromatic rings. The second-order valence-corrected chi connectivity index (χ2v) is 6.71. The quantitative estimate of drug-likeness (QED) is 0.576. The summed E-state index contributed by atoms with van der Waals surface area (Å²) in [5.74, 6) is 0.0886. The lowest BCUT2D eigenvalue weighted by Crippen LogP contribution is -2.46. The topological polar surface area (TPSA) is 66.9 Å². The summed E-state index contributed by atoms with van der Waals surface area (Å²) in [6.45, 7) is 0. The van der Waals surface area contributed by atoms with Gasteiger partial charge < -0.3 is 14.5 Å². The van der Waals surface area contributed by atoms with Crippen LogP contribution in [0.3, 0.4) is 0 Å². The van der Waals surface area contributed by atoms with Crippen LogP contribution in [0.5, 0.6) is 0 Å². The van der Waals surface area contributed by atoms with Gasteiger partial charge in [-0.05, 0) is 37.0 Å². The van der Waals surface area contributed by atoms with E-state index in [0.29, 0.717) is 31.5 Å². The Balaban J connectivity index is 1.65. The van der Waals surface area contributed by atoms with Gasteiger partial charge in [0.25, 0.3) is 0 Å². The Bertz CT molecular complexity index is 688. The summed E-state index contributed by atoms with van der Waals surface area (Å²) in [7, 11) is 1.39. The van der Waals surface area contributed by atoms with Crippen LogP contribution in [0.4, 0.5) is 5.69 Å². The molecule has 1 saturated carbocycles. The molecule has 138 valence electrons. The lowest BCUT2D eigenvalue weighted by Gasteiger charge is -2.36. The Morgan fingerprint density at radius 1 is 1.19 bits per heavy atom. The number of anilines is 1. The third-order valence-corrected chi connectivity index (χ3v) is 5.13. The predicted octanol–water partition coefficient (Wildman–Crippen LogP) is 2.42. The van der Waals surface area contributed by atoms with Gasteiger partial charge in [-0.25, -0.2) is 0 Å². The summed E-state index contributed by atoms with van der Waals surface area (Å²) in [4.78, 5) is 38.4. The Kier molecular flexibility index (Phi) is 5.71. The Hall–Kier alpha value is -2.63. The van der Waals surface area contributed by atoms with E-state index < -0.39 is 0 Å². The molecule has 1 unspecified atom stereocenters. The average molecular weight is 356 g/mol. The van der Waals surface area contributed by atoms with Gasteiger partial charge in [-0.1, -0.05) is 12.1 Å². The number of ketones is 1. The highest BCUT2D eigenvalue weighted by molar-refractivity contribution is 5.79. The summed E-state index contributed by atoms with van der Waals surface area (Å²) in [5, 5.41) is 0. The van der Waals surface area contributed by atoms with Crippen molar-refractivity contribution in [2.75, 3.05) is 12.0 Å². The minimum absolute atomic E-state index is 0.223. The highest BCUT2D eigenvalue weighted by Crippen LogP contribution is 2.30. The van der Waals surface area contributed by atoms with E-state index in [-0.39, 0.29) is 18.2 Å². The van der Waals surface area contributed by atoms with Crippen molar-refractivity contribution in [1.29, 1.82) is 0 Å². The van der Waals surface area contributed by atoms with Gasteiger partial charge in [-0.3, -0.25) is 14.4 Å². The molecule has 0 bridgehead atoms. The van der Waals surface area contributed by atoms with Crippen molar-refractivity contribution < 1.29 is 19.1 Å². The van der Waals surface area contributed by atoms with Gasteiger partial charge in [0.1, 0.15) is 5.78 Å². The summed E-state index contributed by atoms with van der Waals surface area (Å²) in [6.07, 6.45) is 8.19. The first-order valence-corrected chi connectivity index (χ1v) is 8.99. The van der Waals surface area contributed by atoms with Crippen LogP contribution >= 0.6 is 0 Å². The van der Waals surface area contributed by atoms with Crippen molar-refractivity contribution in [3.05, 3.63) is 42.2 Å². The zero-order chi connectivity index (χ0) is 18.5. The number of aryl methyl sites for hydroxylation is 1. The third-order valence-electron chi connectivity index (χ3n) is 5.13. The largest absolute Gasteiger partial charge is 0.469 e. The third kappa shape index (κ3) is 3.95. The number of carbonyl (C=O) groups is 3. The Morgan fingerprint density at radius 2 is 1.88 bits per heavy atom. The minimum atomic E-state index is -0.380. The fraction of sp³-hybridized carbons (Fsp3) is 0.450. The molecular formula is C20H24N2O4. The number of rotatable bonds is 6. The first kappa shape index (κ1) is 18.2. The number of hydrogen-bond acceptors (Lipinski definition) is 6. The molecular weight excluding hydrogens is 332 g/mol. The van der Waals surface area contributed by atoms with E-state index in [9.17, 15) is 14.4 Å². The van der Waals surface area contributed by atoms with Crippen LogP contribution in [0, 0.1) is 0 Å². The van der Waals surface area contributed by atoms with E-state index in [4.69, 9.17) is 0 Å². The van der Waals surface area contributed by atoms with Gasteiger partial charge in [0, 0.05) is 43.4 Å². The van der Waals surface area contributed by atoms with E-state index in [1.54, 1.807) is 0 Å². The lowest BCUT2D eigenvalue weighted by atomic mass is 9.93. The predicted molar refractivity (Wildman–Crippen MR) is 97.4 cm³/mol. The fourth-order valence-corrected chi connectivity index (χ4v) is 3.59. The summed E-state index contributed by atoms with van der Waals surface area (Å²) in [6, 6.07) is 8.08. The maximum absolute atomic E-state index is 11.7. The van der Waals surface area contributed by atoms with Crippen molar-refractivity contribution in [3.8, 4) is 0 Å². The number of hydrogen-bond donors (Lipinski definition) is 0. The van der Waals surface area contributed by atoms with Crippen molar-refractivity contribution in [2.45, 2.75) is 50.7 Å². The van der Waals surface area contributed by atoms with Gasteiger partial charge in [0.15, 0.2) is 12.5 Å². The zero-order valence-corrected chi connectivity index (χ0v) is 15.0. The second-order valence-electron chi connectivity index (χ2n) is 6.71. The molecule has 3 rings (SSSR count). The molecule has 1 aliphatic carbocycles. The van der Waals surface area contributed by atoms with Crippen LogP contribution < -0.4 is 4.90 Å². The van der Waals surface area contributed by atoms with Gasteiger partial charge in [-0.15, -0.1) is 0 Å². The van der Waals surface area contributed by atoms with Gasteiger partial charge in [-0.2, -0.15) is 0 Å².